The predicted octanol–water partition coefficient (Wildman–Crippen LogP) is 1.77. The molecule has 2 aromatic heterocycles. The van der Waals surface area contributed by atoms with Crippen molar-refractivity contribution in [3.05, 3.63) is 30.1 Å². The third kappa shape index (κ3) is 1.82. The summed E-state index contributed by atoms with van der Waals surface area (Å²) in [5, 5.41) is 8.65. The summed E-state index contributed by atoms with van der Waals surface area (Å²) >= 11 is 3.37. The highest BCUT2D eigenvalue weighted by Crippen LogP contribution is 2.13. The minimum Gasteiger partial charge on any atom is -0.255 e. The summed E-state index contributed by atoms with van der Waals surface area (Å²) in [4.78, 5) is 4.29. The van der Waals surface area contributed by atoms with E-state index in [1.54, 1.807) is 4.68 Å². The number of halogens is 1. The maximum absolute atomic E-state index is 4.29. The molecular formula is C9H9BrN4. The molecule has 0 radical (unpaired) electrons. The van der Waals surface area contributed by atoms with Crippen LogP contribution in [0.1, 0.15) is 5.56 Å². The summed E-state index contributed by atoms with van der Waals surface area (Å²) in [6, 6.07) is 3.96. The summed E-state index contributed by atoms with van der Waals surface area (Å²) in [5.41, 5.74) is 2.80. The van der Waals surface area contributed by atoms with E-state index in [4.69, 9.17) is 0 Å². The van der Waals surface area contributed by atoms with Crippen LogP contribution in [0.15, 0.2) is 24.5 Å². The van der Waals surface area contributed by atoms with Gasteiger partial charge in [0.2, 0.25) is 0 Å². The molecule has 0 atom stereocenters. The van der Waals surface area contributed by atoms with Crippen LogP contribution in [0.2, 0.25) is 0 Å². The van der Waals surface area contributed by atoms with Crippen molar-refractivity contribution in [2.45, 2.75) is 5.33 Å². The zero-order chi connectivity index (χ0) is 9.97. The average Bonchev–Trinajstić information content (AvgIpc) is 2.65. The largest absolute Gasteiger partial charge is 0.255 e. The van der Waals surface area contributed by atoms with Gasteiger partial charge in [-0.1, -0.05) is 27.2 Å². The molecule has 2 heterocycles. The summed E-state index contributed by atoms with van der Waals surface area (Å²) in [6.45, 7) is 0. The predicted molar refractivity (Wildman–Crippen MR) is 56.9 cm³/mol. The monoisotopic (exact) mass is 252 g/mol. The fraction of sp³-hybridized carbons (Fsp3) is 0.222. The molecule has 0 aliphatic heterocycles. The van der Waals surface area contributed by atoms with Crippen molar-refractivity contribution in [2.75, 3.05) is 0 Å². The van der Waals surface area contributed by atoms with Gasteiger partial charge in [0.05, 0.1) is 11.9 Å². The van der Waals surface area contributed by atoms with Gasteiger partial charge < -0.3 is 0 Å². The molecule has 0 bridgehead atoms. The SMILES string of the molecule is Cn1cc(-c2ccc(CBr)cn2)nn1. The minimum atomic E-state index is 0.800. The van der Waals surface area contributed by atoms with Gasteiger partial charge in [0.25, 0.3) is 0 Å². The second-order valence-corrected chi connectivity index (χ2v) is 3.52. The fourth-order valence-corrected chi connectivity index (χ4v) is 1.45. The van der Waals surface area contributed by atoms with E-state index in [9.17, 15) is 0 Å². The fourth-order valence-electron chi connectivity index (χ4n) is 1.12. The van der Waals surface area contributed by atoms with Gasteiger partial charge in [-0.25, -0.2) is 0 Å². The molecular weight excluding hydrogens is 244 g/mol. The minimum absolute atomic E-state index is 0.800. The lowest BCUT2D eigenvalue weighted by Gasteiger charge is -1.96. The molecule has 0 aliphatic carbocycles. The molecule has 0 aliphatic rings. The first-order chi connectivity index (χ1) is 6.79. The Balaban J connectivity index is 2.33. The Kier molecular flexibility index (Phi) is 2.58. The van der Waals surface area contributed by atoms with Crippen LogP contribution < -0.4 is 0 Å². The van der Waals surface area contributed by atoms with Crippen LogP contribution in [0.25, 0.3) is 11.4 Å². The molecule has 0 aromatic carbocycles. The second-order valence-electron chi connectivity index (χ2n) is 2.96. The molecule has 0 fully saturated rings. The molecule has 4 nitrogen and oxygen atoms in total. The number of aromatic nitrogens is 4. The van der Waals surface area contributed by atoms with E-state index in [0.29, 0.717) is 0 Å². The number of nitrogens with zero attached hydrogens (tertiary/aromatic N) is 4. The lowest BCUT2D eigenvalue weighted by Crippen LogP contribution is -1.85. The van der Waals surface area contributed by atoms with Gasteiger partial charge >= 0.3 is 0 Å². The van der Waals surface area contributed by atoms with Crippen LogP contribution in [-0.2, 0) is 12.4 Å². The van der Waals surface area contributed by atoms with Crippen molar-refractivity contribution in [3.8, 4) is 11.4 Å². The first kappa shape index (κ1) is 9.33. The maximum Gasteiger partial charge on any atom is 0.131 e. The van der Waals surface area contributed by atoms with Crippen LogP contribution in [0.5, 0.6) is 0 Å². The smallest absolute Gasteiger partial charge is 0.131 e. The van der Waals surface area contributed by atoms with Crippen molar-refractivity contribution in [1.29, 1.82) is 0 Å². The van der Waals surface area contributed by atoms with Gasteiger partial charge in [0.15, 0.2) is 0 Å². The molecule has 72 valence electrons. The molecule has 0 spiro atoms. The number of hydrogen-bond acceptors (Lipinski definition) is 3. The van der Waals surface area contributed by atoms with Crippen molar-refractivity contribution in [3.63, 3.8) is 0 Å². The molecule has 2 aromatic rings. The normalized spacial score (nSPS) is 10.4. The highest BCUT2D eigenvalue weighted by atomic mass is 79.9. The number of rotatable bonds is 2. The zero-order valence-electron chi connectivity index (χ0n) is 7.68. The molecule has 5 heteroatoms. The summed E-state index contributed by atoms with van der Waals surface area (Å²) in [6.07, 6.45) is 3.68. The Morgan fingerprint density at radius 3 is 2.71 bits per heavy atom. The molecule has 0 unspecified atom stereocenters. The first-order valence-electron chi connectivity index (χ1n) is 4.17. The summed E-state index contributed by atoms with van der Waals surface area (Å²) in [5.74, 6) is 0. The molecule has 0 saturated carbocycles. The van der Waals surface area contributed by atoms with Crippen molar-refractivity contribution in [2.24, 2.45) is 7.05 Å². The van der Waals surface area contributed by atoms with Gasteiger partial charge in [-0.3, -0.25) is 9.67 Å². The summed E-state index contributed by atoms with van der Waals surface area (Å²) < 4.78 is 1.66. The molecule has 14 heavy (non-hydrogen) atoms. The second kappa shape index (κ2) is 3.88. The van der Waals surface area contributed by atoms with Crippen molar-refractivity contribution >= 4 is 15.9 Å². The van der Waals surface area contributed by atoms with Gasteiger partial charge in [-0.15, -0.1) is 5.10 Å². The standard InChI is InChI=1S/C9H9BrN4/c1-14-6-9(12-13-14)8-3-2-7(4-10)5-11-8/h2-3,5-6H,4H2,1H3. The Bertz CT molecular complexity index is 421. The van der Waals surface area contributed by atoms with Gasteiger partial charge in [-0.2, -0.15) is 0 Å². The number of pyridine rings is 1. The van der Waals surface area contributed by atoms with E-state index in [2.05, 4.69) is 31.2 Å². The van der Waals surface area contributed by atoms with Crippen LogP contribution >= 0.6 is 15.9 Å². The number of aryl methyl sites for hydroxylation is 1. The van der Waals surface area contributed by atoms with E-state index in [-0.39, 0.29) is 0 Å². The summed E-state index contributed by atoms with van der Waals surface area (Å²) in [7, 11) is 1.84. The van der Waals surface area contributed by atoms with Crippen LogP contribution in [-0.4, -0.2) is 20.0 Å². The molecule has 0 saturated heterocycles. The van der Waals surface area contributed by atoms with E-state index < -0.39 is 0 Å². The Morgan fingerprint density at radius 1 is 1.36 bits per heavy atom. The van der Waals surface area contributed by atoms with E-state index >= 15 is 0 Å². The lowest BCUT2D eigenvalue weighted by atomic mass is 10.2. The van der Waals surface area contributed by atoms with Gasteiger partial charge in [0.1, 0.15) is 5.69 Å². The molecule has 2 rings (SSSR count). The van der Waals surface area contributed by atoms with E-state index in [1.165, 1.54) is 0 Å². The Hall–Kier alpha value is -1.23. The van der Waals surface area contributed by atoms with Crippen LogP contribution in [0, 0.1) is 0 Å². The number of hydrogen-bond donors (Lipinski definition) is 0. The van der Waals surface area contributed by atoms with Gasteiger partial charge in [0, 0.05) is 18.6 Å². The van der Waals surface area contributed by atoms with Crippen LogP contribution in [0.3, 0.4) is 0 Å². The lowest BCUT2D eigenvalue weighted by molar-refractivity contribution is 0.715. The Labute approximate surface area is 90.1 Å². The third-order valence-corrected chi connectivity index (χ3v) is 2.49. The first-order valence-corrected chi connectivity index (χ1v) is 5.29. The zero-order valence-corrected chi connectivity index (χ0v) is 9.27. The number of alkyl halides is 1. The Morgan fingerprint density at radius 2 is 2.21 bits per heavy atom. The molecule has 0 amide bonds. The van der Waals surface area contributed by atoms with Crippen molar-refractivity contribution < 1.29 is 0 Å². The molecule has 0 N–H and O–H groups in total. The van der Waals surface area contributed by atoms with E-state index in [0.717, 1.165) is 22.3 Å². The third-order valence-electron chi connectivity index (χ3n) is 1.84. The van der Waals surface area contributed by atoms with Gasteiger partial charge in [-0.05, 0) is 11.6 Å². The van der Waals surface area contributed by atoms with Crippen molar-refractivity contribution in [1.82, 2.24) is 20.0 Å². The highest BCUT2D eigenvalue weighted by Gasteiger charge is 2.02. The van der Waals surface area contributed by atoms with E-state index in [1.807, 2.05) is 31.6 Å². The quantitative estimate of drug-likeness (QED) is 0.766. The van der Waals surface area contributed by atoms with Crippen LogP contribution in [0.4, 0.5) is 0 Å². The topological polar surface area (TPSA) is 43.6 Å². The average molecular weight is 253 g/mol. The highest BCUT2D eigenvalue weighted by molar-refractivity contribution is 9.08. The maximum atomic E-state index is 4.29.